The van der Waals surface area contributed by atoms with Gasteiger partial charge in [-0.1, -0.05) is 69.7 Å². The molecular formula is C16H19I. The Balaban J connectivity index is 2.28. The van der Waals surface area contributed by atoms with Gasteiger partial charge in [-0.05, 0) is 44.7 Å². The fraction of sp³-hybridized carbons (Fsp3) is 0.375. The van der Waals surface area contributed by atoms with Crippen molar-refractivity contribution in [3.63, 3.8) is 0 Å². The van der Waals surface area contributed by atoms with Crippen LogP contribution in [0.4, 0.5) is 0 Å². The van der Waals surface area contributed by atoms with Crippen LogP contribution in [0, 0.1) is 13.8 Å². The molecule has 0 aromatic heterocycles. The van der Waals surface area contributed by atoms with E-state index < -0.39 is 0 Å². The van der Waals surface area contributed by atoms with E-state index in [9.17, 15) is 0 Å². The Morgan fingerprint density at radius 2 is 1.82 bits per heavy atom. The predicted molar refractivity (Wildman–Crippen MR) is 83.8 cm³/mol. The molecule has 0 saturated heterocycles. The second-order valence-corrected chi connectivity index (χ2v) is 6.22. The van der Waals surface area contributed by atoms with Gasteiger partial charge in [0.05, 0.1) is 3.92 Å². The molecule has 0 aliphatic heterocycles. The maximum Gasteiger partial charge on any atom is 0.0574 e. The predicted octanol–water partition coefficient (Wildman–Crippen LogP) is 5.45. The van der Waals surface area contributed by atoms with Gasteiger partial charge in [0.15, 0.2) is 0 Å². The molecule has 0 nitrogen and oxygen atoms in total. The van der Waals surface area contributed by atoms with Crippen LogP contribution in [-0.4, -0.2) is 0 Å². The normalized spacial score (nSPS) is 17.4. The van der Waals surface area contributed by atoms with Gasteiger partial charge in [-0.15, -0.1) is 0 Å². The number of aryl methyl sites for hydroxylation is 2. The molecule has 0 spiro atoms. The highest BCUT2D eigenvalue weighted by atomic mass is 127. The van der Waals surface area contributed by atoms with Crippen molar-refractivity contribution in [3.05, 3.63) is 58.2 Å². The minimum absolute atomic E-state index is 0.526. The minimum atomic E-state index is 0.526. The lowest BCUT2D eigenvalue weighted by Gasteiger charge is -2.20. The third-order valence-corrected chi connectivity index (χ3v) is 4.88. The van der Waals surface area contributed by atoms with Gasteiger partial charge in [-0.3, -0.25) is 0 Å². The fourth-order valence-electron chi connectivity index (χ4n) is 2.28. The van der Waals surface area contributed by atoms with Crippen molar-refractivity contribution in [1.29, 1.82) is 0 Å². The first-order valence-corrected chi connectivity index (χ1v) is 7.40. The van der Waals surface area contributed by atoms with E-state index >= 15 is 0 Å². The van der Waals surface area contributed by atoms with Crippen molar-refractivity contribution in [1.82, 2.24) is 0 Å². The summed E-state index contributed by atoms with van der Waals surface area (Å²) >= 11 is 2.57. The SMILES string of the molecule is CC1=CC=C(C(I)c2ccc(C)cc2C)CC1. The number of alkyl halides is 1. The highest BCUT2D eigenvalue weighted by Gasteiger charge is 2.16. The zero-order valence-electron chi connectivity index (χ0n) is 10.8. The lowest BCUT2D eigenvalue weighted by atomic mass is 9.92. The lowest BCUT2D eigenvalue weighted by Crippen LogP contribution is -2.01. The quantitative estimate of drug-likeness (QED) is 0.497. The molecule has 1 aliphatic rings. The van der Waals surface area contributed by atoms with Crippen LogP contribution >= 0.6 is 22.6 Å². The Kier molecular flexibility index (Phi) is 4.08. The van der Waals surface area contributed by atoms with Crippen LogP contribution in [0.2, 0.25) is 0 Å². The largest absolute Gasteiger partial charge is 0.0730 e. The Labute approximate surface area is 118 Å². The number of benzene rings is 1. The van der Waals surface area contributed by atoms with Gasteiger partial charge in [-0.25, -0.2) is 0 Å². The summed E-state index contributed by atoms with van der Waals surface area (Å²) in [6, 6.07) is 6.79. The van der Waals surface area contributed by atoms with Crippen molar-refractivity contribution in [2.24, 2.45) is 0 Å². The van der Waals surface area contributed by atoms with Gasteiger partial charge in [0, 0.05) is 0 Å². The average Bonchev–Trinajstić information content (AvgIpc) is 2.29. The van der Waals surface area contributed by atoms with E-state index in [1.807, 2.05) is 0 Å². The standard InChI is InChI=1S/C16H19I/c1-11-4-7-14(8-5-11)16(17)15-9-6-12(2)10-13(15)3/h4,6-7,9-10,16H,5,8H2,1-3H3. The molecule has 0 heterocycles. The van der Waals surface area contributed by atoms with Crippen LogP contribution in [-0.2, 0) is 0 Å². The second kappa shape index (κ2) is 5.38. The third kappa shape index (κ3) is 3.01. The number of halogens is 1. The van der Waals surface area contributed by atoms with E-state index in [-0.39, 0.29) is 0 Å². The van der Waals surface area contributed by atoms with Crippen LogP contribution in [0.1, 0.15) is 40.4 Å². The molecule has 1 unspecified atom stereocenters. The average molecular weight is 338 g/mol. The molecule has 1 heteroatoms. The first kappa shape index (κ1) is 12.9. The molecule has 1 aromatic rings. The van der Waals surface area contributed by atoms with Crippen LogP contribution in [0.5, 0.6) is 0 Å². The Hall–Kier alpha value is -0.570. The molecule has 2 rings (SSSR count). The molecular weight excluding hydrogens is 319 g/mol. The summed E-state index contributed by atoms with van der Waals surface area (Å²) in [5.41, 5.74) is 7.29. The van der Waals surface area contributed by atoms with Gasteiger partial charge in [0.2, 0.25) is 0 Å². The van der Waals surface area contributed by atoms with Crippen LogP contribution < -0.4 is 0 Å². The smallest absolute Gasteiger partial charge is 0.0574 e. The molecule has 17 heavy (non-hydrogen) atoms. The van der Waals surface area contributed by atoms with Gasteiger partial charge in [-0.2, -0.15) is 0 Å². The molecule has 0 bridgehead atoms. The highest BCUT2D eigenvalue weighted by Crippen LogP contribution is 2.38. The molecule has 1 atom stereocenters. The van der Waals surface area contributed by atoms with Crippen LogP contribution in [0.3, 0.4) is 0 Å². The minimum Gasteiger partial charge on any atom is -0.0730 e. The Morgan fingerprint density at radius 1 is 1.06 bits per heavy atom. The van der Waals surface area contributed by atoms with E-state index in [0.29, 0.717) is 3.92 Å². The number of allylic oxidation sites excluding steroid dienone is 4. The van der Waals surface area contributed by atoms with Gasteiger partial charge < -0.3 is 0 Å². The molecule has 0 radical (unpaired) electrons. The zero-order chi connectivity index (χ0) is 12.4. The third-order valence-electron chi connectivity index (χ3n) is 3.41. The summed E-state index contributed by atoms with van der Waals surface area (Å²) in [5, 5.41) is 0. The van der Waals surface area contributed by atoms with Gasteiger partial charge >= 0.3 is 0 Å². The zero-order valence-corrected chi connectivity index (χ0v) is 12.9. The summed E-state index contributed by atoms with van der Waals surface area (Å²) in [6.07, 6.45) is 7.02. The van der Waals surface area contributed by atoms with Crippen LogP contribution in [0.15, 0.2) is 41.5 Å². The maximum atomic E-state index is 2.57. The Bertz CT molecular complexity index is 480. The molecule has 0 amide bonds. The van der Waals surface area contributed by atoms with E-state index in [4.69, 9.17) is 0 Å². The van der Waals surface area contributed by atoms with Crippen molar-refractivity contribution in [3.8, 4) is 0 Å². The molecule has 0 fully saturated rings. The summed E-state index contributed by atoms with van der Waals surface area (Å²) in [5.74, 6) is 0. The summed E-state index contributed by atoms with van der Waals surface area (Å²) in [6.45, 7) is 6.59. The molecule has 1 aromatic carbocycles. The van der Waals surface area contributed by atoms with E-state index in [0.717, 1.165) is 0 Å². The van der Waals surface area contributed by atoms with Gasteiger partial charge in [0.1, 0.15) is 0 Å². The first-order valence-electron chi connectivity index (χ1n) is 6.15. The van der Waals surface area contributed by atoms with Crippen molar-refractivity contribution < 1.29 is 0 Å². The number of hydrogen-bond acceptors (Lipinski definition) is 0. The van der Waals surface area contributed by atoms with Crippen molar-refractivity contribution in [2.45, 2.75) is 37.5 Å². The lowest BCUT2D eigenvalue weighted by molar-refractivity contribution is 0.869. The summed E-state index contributed by atoms with van der Waals surface area (Å²) < 4.78 is 0.526. The molecule has 1 aliphatic carbocycles. The van der Waals surface area contributed by atoms with Crippen molar-refractivity contribution >= 4 is 22.6 Å². The molecule has 0 saturated carbocycles. The van der Waals surface area contributed by atoms with E-state index in [1.54, 1.807) is 5.57 Å². The summed E-state index contributed by atoms with van der Waals surface area (Å²) in [4.78, 5) is 0. The monoisotopic (exact) mass is 338 g/mol. The van der Waals surface area contributed by atoms with E-state index in [2.05, 4.69) is 73.7 Å². The summed E-state index contributed by atoms with van der Waals surface area (Å²) in [7, 11) is 0. The maximum absolute atomic E-state index is 2.57. The van der Waals surface area contributed by atoms with Gasteiger partial charge in [0.25, 0.3) is 0 Å². The van der Waals surface area contributed by atoms with Crippen molar-refractivity contribution in [2.75, 3.05) is 0 Å². The Morgan fingerprint density at radius 3 is 2.41 bits per heavy atom. The topological polar surface area (TPSA) is 0 Å². The fourth-order valence-corrected chi connectivity index (χ4v) is 3.50. The second-order valence-electron chi connectivity index (χ2n) is 4.98. The van der Waals surface area contributed by atoms with E-state index in [1.165, 1.54) is 35.1 Å². The highest BCUT2D eigenvalue weighted by molar-refractivity contribution is 14.1. The number of hydrogen-bond donors (Lipinski definition) is 0. The molecule has 0 N–H and O–H groups in total. The van der Waals surface area contributed by atoms with Crippen LogP contribution in [0.25, 0.3) is 0 Å². The first-order chi connectivity index (χ1) is 8.08. The molecule has 90 valence electrons. The number of rotatable bonds is 2.